The quantitative estimate of drug-likeness (QED) is 0.131. The second-order valence-electron chi connectivity index (χ2n) is 9.24. The summed E-state index contributed by atoms with van der Waals surface area (Å²) in [7, 11) is 0. The van der Waals surface area contributed by atoms with Crippen molar-refractivity contribution in [3.8, 4) is 0 Å². The average Bonchev–Trinajstić information content (AvgIpc) is 2.98. The van der Waals surface area contributed by atoms with Gasteiger partial charge in [0.25, 0.3) is 11.8 Å². The number of nitrogens with one attached hydrogen (secondary N) is 3. The van der Waals surface area contributed by atoms with Gasteiger partial charge in [-0.1, -0.05) is 54.1 Å². The molecule has 4 aromatic carbocycles. The van der Waals surface area contributed by atoms with Gasteiger partial charge >= 0.3 is 6.18 Å². The number of rotatable bonds is 9. The van der Waals surface area contributed by atoms with Crippen molar-refractivity contribution >= 4 is 58.5 Å². The lowest BCUT2D eigenvalue weighted by atomic mass is 10.1. The smallest absolute Gasteiger partial charge is 0.325 e. The molecule has 43 heavy (non-hydrogen) atoms. The van der Waals surface area contributed by atoms with Gasteiger partial charge in [-0.3, -0.25) is 14.4 Å². The normalized spacial score (nSPS) is 11.5. The van der Waals surface area contributed by atoms with Crippen molar-refractivity contribution in [1.82, 2.24) is 5.32 Å². The number of hydrogen-bond acceptors (Lipinski definition) is 4. The van der Waals surface area contributed by atoms with E-state index in [4.69, 9.17) is 11.6 Å². The highest BCUT2D eigenvalue weighted by Crippen LogP contribution is 2.36. The molecule has 3 N–H and O–H groups in total. The molecule has 0 radical (unpaired) electrons. The van der Waals surface area contributed by atoms with Crippen molar-refractivity contribution in [2.75, 3.05) is 16.4 Å². The number of benzene rings is 4. The zero-order valence-corrected chi connectivity index (χ0v) is 24.2. The van der Waals surface area contributed by atoms with E-state index in [1.807, 2.05) is 31.2 Å². The Balaban J connectivity index is 1.41. The first-order valence-corrected chi connectivity index (χ1v) is 14.2. The maximum Gasteiger partial charge on any atom is 0.418 e. The van der Waals surface area contributed by atoms with Gasteiger partial charge in [0.15, 0.2) is 0 Å². The fraction of sp³-hybridized carbons (Fsp3) is 0.0938. The molecule has 0 saturated heterocycles. The van der Waals surface area contributed by atoms with Crippen molar-refractivity contribution in [3.63, 3.8) is 0 Å². The van der Waals surface area contributed by atoms with E-state index in [2.05, 4.69) is 16.0 Å². The lowest BCUT2D eigenvalue weighted by Gasteiger charge is -2.14. The van der Waals surface area contributed by atoms with Crippen molar-refractivity contribution in [1.29, 1.82) is 0 Å². The monoisotopic (exact) mass is 623 g/mol. The SMILES string of the molecule is Cc1ccccc1/C=C(\NC(=O)c1ccccc1)C(=O)Nc1ccc(SCC(=O)Nc2ccc(Cl)cc2C(F)(F)F)cc1. The molecule has 0 aliphatic rings. The minimum atomic E-state index is -4.68. The zero-order chi connectivity index (χ0) is 31.0. The summed E-state index contributed by atoms with van der Waals surface area (Å²) in [5, 5.41) is 7.64. The van der Waals surface area contributed by atoms with Crippen LogP contribution in [0.1, 0.15) is 27.0 Å². The molecule has 0 saturated carbocycles. The van der Waals surface area contributed by atoms with Crippen LogP contribution in [0.3, 0.4) is 0 Å². The van der Waals surface area contributed by atoms with E-state index in [1.54, 1.807) is 60.7 Å². The number of carbonyl (C=O) groups excluding carboxylic acids is 3. The molecular weight excluding hydrogens is 599 g/mol. The van der Waals surface area contributed by atoms with E-state index in [9.17, 15) is 27.6 Å². The summed E-state index contributed by atoms with van der Waals surface area (Å²) in [6, 6.07) is 25.6. The van der Waals surface area contributed by atoms with Crippen molar-refractivity contribution < 1.29 is 27.6 Å². The number of carbonyl (C=O) groups is 3. The lowest BCUT2D eigenvalue weighted by Crippen LogP contribution is -2.30. The van der Waals surface area contributed by atoms with Gasteiger partial charge in [-0.25, -0.2) is 0 Å². The van der Waals surface area contributed by atoms with Gasteiger partial charge in [-0.2, -0.15) is 13.2 Å². The molecule has 0 atom stereocenters. The third-order valence-corrected chi connectivity index (χ3v) is 7.31. The molecule has 0 aliphatic heterocycles. The predicted molar refractivity (Wildman–Crippen MR) is 164 cm³/mol. The van der Waals surface area contributed by atoms with Crippen molar-refractivity contribution in [2.45, 2.75) is 18.0 Å². The Hall–Kier alpha value is -4.54. The summed E-state index contributed by atoms with van der Waals surface area (Å²) in [4.78, 5) is 39.1. The first kappa shape index (κ1) is 31.4. The van der Waals surface area contributed by atoms with Crippen LogP contribution in [-0.2, 0) is 15.8 Å². The number of anilines is 2. The molecule has 0 spiro atoms. The molecule has 4 rings (SSSR count). The van der Waals surface area contributed by atoms with Crippen LogP contribution in [0.25, 0.3) is 6.08 Å². The molecule has 0 heterocycles. The fourth-order valence-electron chi connectivity index (χ4n) is 3.87. The van der Waals surface area contributed by atoms with Gasteiger partial charge in [0.05, 0.1) is 17.0 Å². The van der Waals surface area contributed by atoms with E-state index in [0.29, 0.717) is 16.1 Å². The third kappa shape index (κ3) is 8.97. The van der Waals surface area contributed by atoms with E-state index in [0.717, 1.165) is 35.0 Å². The summed E-state index contributed by atoms with van der Waals surface area (Å²) in [6.07, 6.45) is -3.08. The summed E-state index contributed by atoms with van der Waals surface area (Å²) in [5.41, 5.74) is 1.12. The Morgan fingerprint density at radius 2 is 1.53 bits per heavy atom. The van der Waals surface area contributed by atoms with Gasteiger partial charge in [0.2, 0.25) is 5.91 Å². The van der Waals surface area contributed by atoms with Crippen LogP contribution in [0.15, 0.2) is 108 Å². The van der Waals surface area contributed by atoms with Crippen molar-refractivity contribution in [2.24, 2.45) is 0 Å². The molecule has 3 amide bonds. The highest BCUT2D eigenvalue weighted by Gasteiger charge is 2.34. The van der Waals surface area contributed by atoms with Crippen LogP contribution in [0, 0.1) is 6.92 Å². The largest absolute Gasteiger partial charge is 0.418 e. The van der Waals surface area contributed by atoms with E-state index >= 15 is 0 Å². The first-order valence-electron chi connectivity index (χ1n) is 12.8. The molecule has 0 bridgehead atoms. The Kier molecular flexibility index (Phi) is 10.3. The maximum absolute atomic E-state index is 13.3. The van der Waals surface area contributed by atoms with Gasteiger partial charge in [-0.15, -0.1) is 11.8 Å². The van der Waals surface area contributed by atoms with Crippen LogP contribution in [0.5, 0.6) is 0 Å². The standard InChI is InChI=1S/C32H25ClF3N3O3S/c1-20-7-5-6-10-22(20)17-28(39-30(41)21-8-3-2-4-9-21)31(42)37-24-12-14-25(15-13-24)43-19-29(40)38-27-16-11-23(33)18-26(27)32(34,35)36/h2-18H,19H2,1H3,(H,37,42)(H,38,40)(H,39,41)/b28-17-. The number of amides is 3. The van der Waals surface area contributed by atoms with Gasteiger partial charge in [0, 0.05) is 21.2 Å². The average molecular weight is 624 g/mol. The van der Waals surface area contributed by atoms with E-state index < -0.39 is 29.5 Å². The Morgan fingerprint density at radius 1 is 0.860 bits per heavy atom. The number of thioether (sulfide) groups is 1. The van der Waals surface area contributed by atoms with Gasteiger partial charge in [-0.05, 0) is 78.7 Å². The second kappa shape index (κ2) is 14.1. The van der Waals surface area contributed by atoms with E-state index in [-0.39, 0.29) is 22.2 Å². The topological polar surface area (TPSA) is 87.3 Å². The van der Waals surface area contributed by atoms with Crippen molar-refractivity contribution in [3.05, 3.63) is 130 Å². The van der Waals surface area contributed by atoms with Crippen LogP contribution >= 0.6 is 23.4 Å². The first-order chi connectivity index (χ1) is 20.5. The molecule has 0 fully saturated rings. The lowest BCUT2D eigenvalue weighted by molar-refractivity contribution is -0.137. The molecule has 0 aliphatic carbocycles. The number of alkyl halides is 3. The zero-order valence-electron chi connectivity index (χ0n) is 22.7. The fourth-order valence-corrected chi connectivity index (χ4v) is 4.75. The van der Waals surface area contributed by atoms with Crippen LogP contribution in [0.2, 0.25) is 5.02 Å². The summed E-state index contributed by atoms with van der Waals surface area (Å²) < 4.78 is 39.9. The Bertz CT molecular complexity index is 1660. The van der Waals surface area contributed by atoms with Gasteiger partial charge in [0.1, 0.15) is 5.70 Å². The molecule has 220 valence electrons. The molecular formula is C32H25ClF3N3O3S. The van der Waals surface area contributed by atoms with Gasteiger partial charge < -0.3 is 16.0 Å². The molecule has 0 aromatic heterocycles. The maximum atomic E-state index is 13.3. The minimum Gasteiger partial charge on any atom is -0.325 e. The second-order valence-corrected chi connectivity index (χ2v) is 10.7. The predicted octanol–water partition coefficient (Wildman–Crippen LogP) is 7.81. The summed E-state index contributed by atoms with van der Waals surface area (Å²) in [6.45, 7) is 1.89. The third-order valence-electron chi connectivity index (χ3n) is 6.06. The highest BCUT2D eigenvalue weighted by molar-refractivity contribution is 8.00. The Labute approximate surface area is 255 Å². The minimum absolute atomic E-state index is 0.0405. The molecule has 11 heteroatoms. The number of halogens is 4. The van der Waals surface area contributed by atoms with Crippen LogP contribution < -0.4 is 16.0 Å². The number of aryl methyl sites for hydroxylation is 1. The molecule has 6 nitrogen and oxygen atoms in total. The Morgan fingerprint density at radius 3 is 2.21 bits per heavy atom. The van der Waals surface area contributed by atoms with E-state index in [1.165, 1.54) is 6.07 Å². The van der Waals surface area contributed by atoms with Crippen LogP contribution in [0.4, 0.5) is 24.5 Å². The number of hydrogen-bond donors (Lipinski definition) is 3. The van der Waals surface area contributed by atoms with Crippen LogP contribution in [-0.4, -0.2) is 23.5 Å². The highest BCUT2D eigenvalue weighted by atomic mass is 35.5. The summed E-state index contributed by atoms with van der Waals surface area (Å²) in [5.74, 6) is -1.77. The summed E-state index contributed by atoms with van der Waals surface area (Å²) >= 11 is 6.79. The molecule has 4 aromatic rings. The molecule has 0 unspecified atom stereocenters.